The van der Waals surface area contributed by atoms with Gasteiger partial charge in [0, 0.05) is 12.1 Å². The van der Waals surface area contributed by atoms with Crippen LogP contribution in [-0.2, 0) is 4.74 Å². The molecule has 1 fully saturated rings. The van der Waals surface area contributed by atoms with Crippen LogP contribution >= 0.6 is 0 Å². The van der Waals surface area contributed by atoms with Crippen LogP contribution in [0, 0.1) is 6.92 Å². The molecule has 2 rings (SSSR count). The van der Waals surface area contributed by atoms with E-state index in [4.69, 9.17) is 4.74 Å². The average molecular weight is 315 g/mol. The highest BCUT2D eigenvalue weighted by atomic mass is 16.5. The number of carbonyl (C=O) groups is 1. The summed E-state index contributed by atoms with van der Waals surface area (Å²) in [6.07, 6.45) is 6.85. The van der Waals surface area contributed by atoms with Crippen molar-refractivity contribution in [3.05, 3.63) is 60.2 Å². The Morgan fingerprint density at radius 1 is 1.43 bits per heavy atom. The van der Waals surface area contributed by atoms with Crippen LogP contribution in [0.1, 0.15) is 43.1 Å². The molecule has 0 radical (unpaired) electrons. The van der Waals surface area contributed by atoms with Crippen LogP contribution in [-0.4, -0.2) is 36.1 Å². The van der Waals surface area contributed by atoms with Crippen LogP contribution in [0.4, 0.5) is 0 Å². The predicted octanol–water partition coefficient (Wildman–Crippen LogP) is 4.38. The molecule has 0 bridgehead atoms. The number of amides is 1. The lowest BCUT2D eigenvalue weighted by Gasteiger charge is -2.38. The van der Waals surface area contributed by atoms with Crippen LogP contribution in [0.25, 0.3) is 0 Å². The SMILES string of the molecule is C=CC1C(/C=C\C)OCCN1C(=O)c1cccc(C)c1.CCC. The van der Waals surface area contributed by atoms with Crippen LogP contribution < -0.4 is 0 Å². The topological polar surface area (TPSA) is 29.5 Å². The molecular weight excluding hydrogens is 286 g/mol. The third kappa shape index (κ3) is 5.36. The normalized spacial score (nSPS) is 20.8. The van der Waals surface area contributed by atoms with Gasteiger partial charge in [-0.2, -0.15) is 0 Å². The Morgan fingerprint density at radius 2 is 2.13 bits per heavy atom. The number of ether oxygens (including phenoxy) is 1. The highest BCUT2D eigenvalue weighted by Gasteiger charge is 2.32. The molecule has 0 aromatic heterocycles. The molecule has 1 aliphatic heterocycles. The van der Waals surface area contributed by atoms with Gasteiger partial charge in [-0.1, -0.05) is 56.2 Å². The molecule has 2 unspecified atom stereocenters. The summed E-state index contributed by atoms with van der Waals surface area (Å²) < 4.78 is 5.71. The van der Waals surface area contributed by atoms with Crippen LogP contribution in [0.3, 0.4) is 0 Å². The van der Waals surface area contributed by atoms with Crippen LogP contribution in [0.15, 0.2) is 49.1 Å². The van der Waals surface area contributed by atoms with E-state index in [-0.39, 0.29) is 18.1 Å². The van der Waals surface area contributed by atoms with Gasteiger partial charge in [-0.15, -0.1) is 6.58 Å². The fraction of sp³-hybridized carbons (Fsp3) is 0.450. The van der Waals surface area contributed by atoms with E-state index in [9.17, 15) is 4.79 Å². The molecule has 0 N–H and O–H groups in total. The summed E-state index contributed by atoms with van der Waals surface area (Å²) in [6, 6.07) is 7.56. The Morgan fingerprint density at radius 3 is 2.70 bits per heavy atom. The van der Waals surface area contributed by atoms with E-state index in [2.05, 4.69) is 20.4 Å². The van der Waals surface area contributed by atoms with Gasteiger partial charge in [-0.3, -0.25) is 4.79 Å². The molecule has 1 aliphatic rings. The van der Waals surface area contributed by atoms with Crippen molar-refractivity contribution in [1.82, 2.24) is 4.90 Å². The molecule has 0 aliphatic carbocycles. The zero-order valence-electron chi connectivity index (χ0n) is 14.8. The highest BCUT2D eigenvalue weighted by molar-refractivity contribution is 5.94. The first-order chi connectivity index (χ1) is 11.1. The van der Waals surface area contributed by atoms with E-state index < -0.39 is 0 Å². The summed E-state index contributed by atoms with van der Waals surface area (Å²) in [6.45, 7) is 13.2. The number of nitrogens with zero attached hydrogens (tertiary/aromatic N) is 1. The summed E-state index contributed by atoms with van der Waals surface area (Å²) in [5.41, 5.74) is 1.81. The number of aryl methyl sites for hydroxylation is 1. The molecule has 0 spiro atoms. The first kappa shape index (κ1) is 19.2. The maximum absolute atomic E-state index is 12.7. The molecule has 1 aromatic rings. The third-order valence-electron chi connectivity index (χ3n) is 3.49. The zero-order chi connectivity index (χ0) is 17.2. The van der Waals surface area contributed by atoms with Crippen molar-refractivity contribution in [3.63, 3.8) is 0 Å². The Bertz CT molecular complexity index is 536. The molecule has 0 saturated carbocycles. The van der Waals surface area contributed by atoms with E-state index >= 15 is 0 Å². The molecular formula is C20H29NO2. The highest BCUT2D eigenvalue weighted by Crippen LogP contribution is 2.19. The summed E-state index contributed by atoms with van der Waals surface area (Å²) in [5, 5.41) is 0. The Kier molecular flexibility index (Phi) is 8.35. The fourth-order valence-electron chi connectivity index (χ4n) is 2.51. The monoisotopic (exact) mass is 315 g/mol. The Balaban J connectivity index is 0.000000816. The van der Waals surface area contributed by atoms with Gasteiger partial charge >= 0.3 is 0 Å². The van der Waals surface area contributed by atoms with Gasteiger partial charge in [0.15, 0.2) is 0 Å². The van der Waals surface area contributed by atoms with Crippen LogP contribution in [0.2, 0.25) is 0 Å². The maximum atomic E-state index is 12.7. The standard InChI is InChI=1S/C17H21NO2.C3H8/c1-4-7-16-15(5-2)18(10-11-20-16)17(19)14-9-6-8-13(3)12-14;1-3-2/h4-9,12,15-16H,2,10-11H2,1,3H3;3H2,1-2H3/b7-4-;. The van der Waals surface area contributed by atoms with Gasteiger partial charge in [-0.05, 0) is 26.0 Å². The first-order valence-electron chi connectivity index (χ1n) is 8.33. The minimum atomic E-state index is -0.118. The summed E-state index contributed by atoms with van der Waals surface area (Å²) in [7, 11) is 0. The fourth-order valence-corrected chi connectivity index (χ4v) is 2.51. The first-order valence-corrected chi connectivity index (χ1v) is 8.33. The smallest absolute Gasteiger partial charge is 0.254 e. The van der Waals surface area contributed by atoms with Gasteiger partial charge in [0.25, 0.3) is 5.91 Å². The zero-order valence-corrected chi connectivity index (χ0v) is 14.8. The lowest BCUT2D eigenvalue weighted by Crippen LogP contribution is -2.52. The Labute approximate surface area is 140 Å². The molecule has 126 valence electrons. The van der Waals surface area contributed by atoms with E-state index in [1.54, 1.807) is 6.08 Å². The quantitative estimate of drug-likeness (QED) is 0.775. The lowest BCUT2D eigenvalue weighted by molar-refractivity contribution is -0.0220. The number of morpholine rings is 1. The van der Waals surface area contributed by atoms with Crippen molar-refractivity contribution < 1.29 is 9.53 Å². The number of hydrogen-bond donors (Lipinski definition) is 0. The van der Waals surface area contributed by atoms with E-state index in [1.807, 2.05) is 55.2 Å². The van der Waals surface area contributed by atoms with Crippen molar-refractivity contribution in [2.75, 3.05) is 13.2 Å². The number of allylic oxidation sites excluding steroid dienone is 1. The second-order valence-electron chi connectivity index (χ2n) is 5.66. The molecule has 23 heavy (non-hydrogen) atoms. The van der Waals surface area contributed by atoms with Crippen molar-refractivity contribution in [1.29, 1.82) is 0 Å². The van der Waals surface area contributed by atoms with E-state index in [1.165, 1.54) is 6.42 Å². The predicted molar refractivity (Wildman–Crippen MR) is 96.7 cm³/mol. The van der Waals surface area contributed by atoms with Crippen molar-refractivity contribution >= 4 is 5.91 Å². The van der Waals surface area contributed by atoms with E-state index in [0.717, 1.165) is 11.1 Å². The van der Waals surface area contributed by atoms with Crippen molar-refractivity contribution in [2.24, 2.45) is 0 Å². The van der Waals surface area contributed by atoms with Gasteiger partial charge in [0.2, 0.25) is 0 Å². The van der Waals surface area contributed by atoms with Crippen molar-refractivity contribution in [3.8, 4) is 0 Å². The summed E-state index contributed by atoms with van der Waals surface area (Å²) in [4.78, 5) is 14.5. The molecule has 2 atom stereocenters. The second-order valence-corrected chi connectivity index (χ2v) is 5.66. The van der Waals surface area contributed by atoms with E-state index in [0.29, 0.717) is 13.2 Å². The lowest BCUT2D eigenvalue weighted by atomic mass is 10.0. The minimum absolute atomic E-state index is 0.0383. The van der Waals surface area contributed by atoms with Gasteiger partial charge in [0.05, 0.1) is 18.8 Å². The summed E-state index contributed by atoms with van der Waals surface area (Å²) >= 11 is 0. The maximum Gasteiger partial charge on any atom is 0.254 e. The molecule has 1 saturated heterocycles. The number of benzene rings is 1. The molecule has 1 heterocycles. The van der Waals surface area contributed by atoms with Gasteiger partial charge in [-0.25, -0.2) is 0 Å². The number of hydrogen-bond acceptors (Lipinski definition) is 2. The van der Waals surface area contributed by atoms with Crippen molar-refractivity contribution in [2.45, 2.75) is 46.3 Å². The summed E-state index contributed by atoms with van der Waals surface area (Å²) in [5.74, 6) is 0.0383. The molecule has 1 aromatic carbocycles. The van der Waals surface area contributed by atoms with Crippen LogP contribution in [0.5, 0.6) is 0 Å². The largest absolute Gasteiger partial charge is 0.370 e. The van der Waals surface area contributed by atoms with Gasteiger partial charge < -0.3 is 9.64 Å². The van der Waals surface area contributed by atoms with Gasteiger partial charge in [0.1, 0.15) is 0 Å². The third-order valence-corrected chi connectivity index (χ3v) is 3.49. The molecule has 1 amide bonds. The molecule has 3 heteroatoms. The average Bonchev–Trinajstić information content (AvgIpc) is 2.55. The minimum Gasteiger partial charge on any atom is -0.370 e. The number of carbonyl (C=O) groups excluding carboxylic acids is 1. The Hall–Kier alpha value is -1.87. The number of rotatable bonds is 3. The molecule has 3 nitrogen and oxygen atoms in total. The second kappa shape index (κ2) is 10.0.